The molecule has 1 fully saturated rings. The topological polar surface area (TPSA) is 78.2 Å². The zero-order chi connectivity index (χ0) is 18.1. The van der Waals surface area contributed by atoms with E-state index in [1.54, 1.807) is 18.2 Å². The molecule has 0 N–H and O–H groups in total. The van der Waals surface area contributed by atoms with Crippen LogP contribution in [0, 0.1) is 0 Å². The van der Waals surface area contributed by atoms with Crippen molar-refractivity contribution >= 4 is 17.0 Å². The van der Waals surface area contributed by atoms with Gasteiger partial charge in [0.05, 0.1) is 25.8 Å². The smallest absolute Gasteiger partial charge is 0.296 e. The van der Waals surface area contributed by atoms with Crippen molar-refractivity contribution < 1.29 is 18.3 Å². The van der Waals surface area contributed by atoms with Gasteiger partial charge in [-0.05, 0) is 12.1 Å². The minimum atomic E-state index is -2.80. The second kappa shape index (κ2) is 6.79. The fraction of sp³-hybridized carbons (Fsp3) is 0.375. The fourth-order valence-corrected chi connectivity index (χ4v) is 2.92. The van der Waals surface area contributed by atoms with Crippen molar-refractivity contribution in [2.75, 3.05) is 38.3 Å². The van der Waals surface area contributed by atoms with Crippen LogP contribution in [0.4, 0.5) is 14.7 Å². The number of aromatic nitrogens is 5. The third-order valence-electron chi connectivity index (χ3n) is 4.13. The van der Waals surface area contributed by atoms with E-state index in [1.807, 2.05) is 4.90 Å². The molecule has 3 aromatic rings. The zero-order valence-corrected chi connectivity index (χ0v) is 14.0. The molecule has 0 spiro atoms. The Labute approximate surface area is 147 Å². The lowest BCUT2D eigenvalue weighted by Gasteiger charge is -2.26. The maximum atomic E-state index is 13.6. The van der Waals surface area contributed by atoms with Crippen LogP contribution in [-0.4, -0.2) is 57.9 Å². The number of alkyl halides is 2. The summed E-state index contributed by atoms with van der Waals surface area (Å²) in [4.78, 5) is 18.6. The summed E-state index contributed by atoms with van der Waals surface area (Å²) in [6.45, 7) is 2.39. The van der Waals surface area contributed by atoms with E-state index in [4.69, 9.17) is 9.47 Å². The van der Waals surface area contributed by atoms with E-state index in [0.717, 1.165) is 0 Å². The SMILES string of the molecule is COc1cccc2c1nc(C(F)F)n2-c1ncnc(N2CCOCC2)n1. The minimum Gasteiger partial charge on any atom is -0.494 e. The number of rotatable bonds is 4. The highest BCUT2D eigenvalue weighted by molar-refractivity contribution is 5.83. The molecule has 8 nitrogen and oxygen atoms in total. The Hall–Kier alpha value is -2.88. The van der Waals surface area contributed by atoms with E-state index < -0.39 is 12.2 Å². The van der Waals surface area contributed by atoms with Crippen LogP contribution in [0.1, 0.15) is 12.2 Å². The van der Waals surface area contributed by atoms with Crippen LogP contribution in [0.25, 0.3) is 17.0 Å². The van der Waals surface area contributed by atoms with E-state index in [1.165, 1.54) is 18.0 Å². The predicted molar refractivity (Wildman–Crippen MR) is 89.0 cm³/mol. The summed E-state index contributed by atoms with van der Waals surface area (Å²) in [6.07, 6.45) is -1.48. The predicted octanol–water partition coefficient (Wildman–Crippen LogP) is 1.99. The molecular weight excluding hydrogens is 346 g/mol. The van der Waals surface area contributed by atoms with Crippen LogP contribution in [-0.2, 0) is 4.74 Å². The van der Waals surface area contributed by atoms with Crippen LogP contribution >= 0.6 is 0 Å². The van der Waals surface area contributed by atoms with Gasteiger partial charge < -0.3 is 14.4 Å². The van der Waals surface area contributed by atoms with Gasteiger partial charge in [0, 0.05) is 13.1 Å². The van der Waals surface area contributed by atoms with Crippen molar-refractivity contribution in [3.05, 3.63) is 30.4 Å². The first-order chi connectivity index (χ1) is 12.7. The number of para-hydroxylation sites is 1. The molecule has 3 heterocycles. The molecule has 0 radical (unpaired) electrons. The molecule has 136 valence electrons. The quantitative estimate of drug-likeness (QED) is 0.702. The van der Waals surface area contributed by atoms with E-state index in [0.29, 0.717) is 49.0 Å². The van der Waals surface area contributed by atoms with Crippen molar-refractivity contribution in [1.82, 2.24) is 24.5 Å². The average molecular weight is 362 g/mol. The second-order valence-corrected chi connectivity index (χ2v) is 5.62. The standard InChI is InChI=1S/C16H16F2N6O2/c1-25-11-4-2-3-10-12(11)21-14(13(17)18)24(10)16-20-9-19-15(22-16)23-5-7-26-8-6-23/h2-4,9,13H,5-8H2,1H3. The lowest BCUT2D eigenvalue weighted by Crippen LogP contribution is -2.37. The van der Waals surface area contributed by atoms with Crippen LogP contribution < -0.4 is 9.64 Å². The number of fused-ring (bicyclic) bond motifs is 1. The zero-order valence-electron chi connectivity index (χ0n) is 14.0. The number of halogens is 2. The molecule has 2 aromatic heterocycles. The van der Waals surface area contributed by atoms with Crippen molar-refractivity contribution in [1.29, 1.82) is 0 Å². The lowest BCUT2D eigenvalue weighted by atomic mass is 10.3. The van der Waals surface area contributed by atoms with Gasteiger partial charge in [0.2, 0.25) is 11.9 Å². The van der Waals surface area contributed by atoms with Gasteiger partial charge in [-0.25, -0.2) is 23.7 Å². The summed E-state index contributed by atoms with van der Waals surface area (Å²) in [5.41, 5.74) is 0.775. The number of imidazole rings is 1. The number of anilines is 1. The van der Waals surface area contributed by atoms with Gasteiger partial charge in [0.1, 0.15) is 17.6 Å². The number of ether oxygens (including phenoxy) is 2. The highest BCUT2D eigenvalue weighted by Crippen LogP contribution is 2.31. The monoisotopic (exact) mass is 362 g/mol. The fourth-order valence-electron chi connectivity index (χ4n) is 2.92. The molecule has 0 saturated carbocycles. The Bertz CT molecular complexity index is 926. The largest absolute Gasteiger partial charge is 0.494 e. The molecule has 26 heavy (non-hydrogen) atoms. The Morgan fingerprint density at radius 3 is 2.62 bits per heavy atom. The first kappa shape index (κ1) is 16.6. The third kappa shape index (κ3) is 2.81. The first-order valence-corrected chi connectivity index (χ1v) is 8.04. The van der Waals surface area contributed by atoms with Crippen molar-refractivity contribution in [3.63, 3.8) is 0 Å². The Morgan fingerprint density at radius 2 is 1.88 bits per heavy atom. The number of benzene rings is 1. The highest BCUT2D eigenvalue weighted by Gasteiger charge is 2.24. The molecule has 1 saturated heterocycles. The first-order valence-electron chi connectivity index (χ1n) is 8.04. The maximum Gasteiger partial charge on any atom is 0.296 e. The van der Waals surface area contributed by atoms with Gasteiger partial charge >= 0.3 is 0 Å². The molecular formula is C16H16F2N6O2. The van der Waals surface area contributed by atoms with E-state index in [9.17, 15) is 8.78 Å². The number of methoxy groups -OCH3 is 1. The number of nitrogens with zero attached hydrogens (tertiary/aromatic N) is 6. The number of hydrogen-bond donors (Lipinski definition) is 0. The van der Waals surface area contributed by atoms with Gasteiger partial charge in [-0.15, -0.1) is 0 Å². The van der Waals surface area contributed by atoms with Crippen LogP contribution in [0.3, 0.4) is 0 Å². The van der Waals surface area contributed by atoms with Gasteiger partial charge in [-0.1, -0.05) is 6.07 Å². The Morgan fingerprint density at radius 1 is 1.12 bits per heavy atom. The second-order valence-electron chi connectivity index (χ2n) is 5.62. The van der Waals surface area contributed by atoms with Gasteiger partial charge in [-0.2, -0.15) is 4.98 Å². The molecule has 0 amide bonds. The molecule has 4 rings (SSSR count). The van der Waals surface area contributed by atoms with Crippen LogP contribution in [0.2, 0.25) is 0 Å². The number of hydrogen-bond acceptors (Lipinski definition) is 7. The normalized spacial score (nSPS) is 15.0. The number of morpholine rings is 1. The van der Waals surface area contributed by atoms with E-state index in [-0.39, 0.29) is 5.95 Å². The van der Waals surface area contributed by atoms with Gasteiger partial charge in [0.25, 0.3) is 6.43 Å². The molecule has 10 heteroatoms. The average Bonchev–Trinajstić information content (AvgIpc) is 3.09. The maximum absolute atomic E-state index is 13.6. The van der Waals surface area contributed by atoms with Crippen LogP contribution in [0.5, 0.6) is 5.75 Å². The summed E-state index contributed by atoms with van der Waals surface area (Å²) >= 11 is 0. The molecule has 1 aliphatic rings. The molecule has 0 bridgehead atoms. The molecule has 0 atom stereocenters. The Balaban J connectivity index is 1.87. The van der Waals surface area contributed by atoms with Crippen LogP contribution in [0.15, 0.2) is 24.5 Å². The van der Waals surface area contributed by atoms with Crippen molar-refractivity contribution in [2.45, 2.75) is 6.43 Å². The summed E-state index contributed by atoms with van der Waals surface area (Å²) in [7, 11) is 1.47. The van der Waals surface area contributed by atoms with Gasteiger partial charge in [-0.3, -0.25) is 4.57 Å². The summed E-state index contributed by atoms with van der Waals surface area (Å²) < 4.78 is 39.0. The Kier molecular flexibility index (Phi) is 4.33. The third-order valence-corrected chi connectivity index (χ3v) is 4.13. The molecule has 1 aliphatic heterocycles. The minimum absolute atomic E-state index is 0.0903. The molecule has 1 aromatic carbocycles. The van der Waals surface area contributed by atoms with Crippen molar-refractivity contribution in [2.24, 2.45) is 0 Å². The lowest BCUT2D eigenvalue weighted by molar-refractivity contribution is 0.122. The molecule has 0 aliphatic carbocycles. The van der Waals surface area contributed by atoms with Gasteiger partial charge in [0.15, 0.2) is 5.82 Å². The summed E-state index contributed by atoms with van der Waals surface area (Å²) in [6, 6.07) is 5.05. The molecule has 0 unspecified atom stereocenters. The summed E-state index contributed by atoms with van der Waals surface area (Å²) in [5, 5.41) is 0. The van der Waals surface area contributed by atoms with E-state index >= 15 is 0 Å². The van der Waals surface area contributed by atoms with Crippen molar-refractivity contribution in [3.8, 4) is 11.7 Å². The summed E-state index contributed by atoms with van der Waals surface area (Å²) in [5.74, 6) is 0.477. The highest BCUT2D eigenvalue weighted by atomic mass is 19.3. The van der Waals surface area contributed by atoms with E-state index in [2.05, 4.69) is 19.9 Å².